The van der Waals surface area contributed by atoms with Gasteiger partial charge in [-0.1, -0.05) is 25.1 Å². The van der Waals surface area contributed by atoms with Crippen LogP contribution in [0.25, 0.3) is 11.3 Å². The Hall–Kier alpha value is -4.63. The third-order valence-corrected chi connectivity index (χ3v) is 7.17. The summed E-state index contributed by atoms with van der Waals surface area (Å²) in [5, 5.41) is 6.28. The van der Waals surface area contributed by atoms with Gasteiger partial charge >= 0.3 is 0 Å². The van der Waals surface area contributed by atoms with Crippen molar-refractivity contribution in [2.45, 2.75) is 33.2 Å². The molecule has 0 saturated carbocycles. The maximum absolute atomic E-state index is 13.0. The summed E-state index contributed by atoms with van der Waals surface area (Å²) in [5.41, 5.74) is 5.88. The first-order chi connectivity index (χ1) is 20.0. The number of nitrogens with zero attached hydrogens (tertiary/aromatic N) is 5. The number of nitrogens with one attached hydrogen (secondary N) is 2. The summed E-state index contributed by atoms with van der Waals surface area (Å²) in [5.74, 6) is 0.536. The molecule has 1 aliphatic rings. The lowest BCUT2D eigenvalue weighted by Gasteiger charge is -2.34. The number of anilines is 3. The number of amides is 2. The Bertz CT molecular complexity index is 1480. The van der Waals surface area contributed by atoms with E-state index in [0.717, 1.165) is 67.2 Å². The largest absolute Gasteiger partial charge is 0.340 e. The number of hydrogen-bond donors (Lipinski definition) is 2. The number of pyridine rings is 1. The normalized spacial score (nSPS) is 13.6. The van der Waals surface area contributed by atoms with Gasteiger partial charge in [0, 0.05) is 80.2 Å². The smallest absolute Gasteiger partial charge is 0.255 e. The zero-order chi connectivity index (χ0) is 28.6. The van der Waals surface area contributed by atoms with Crippen LogP contribution < -0.4 is 10.6 Å². The molecule has 41 heavy (non-hydrogen) atoms. The van der Waals surface area contributed by atoms with Crippen molar-refractivity contribution in [3.8, 4) is 11.3 Å². The number of piperazine rings is 1. The molecule has 0 atom stereocenters. The number of aryl methyl sites for hydroxylation is 1. The van der Waals surface area contributed by atoms with Crippen LogP contribution in [0, 0.1) is 6.92 Å². The van der Waals surface area contributed by atoms with E-state index in [1.54, 1.807) is 18.6 Å². The third kappa shape index (κ3) is 7.32. The second-order valence-electron chi connectivity index (χ2n) is 10.2. The van der Waals surface area contributed by atoms with Crippen LogP contribution in [0.2, 0.25) is 0 Å². The van der Waals surface area contributed by atoms with Crippen LogP contribution >= 0.6 is 0 Å². The van der Waals surface area contributed by atoms with Crippen LogP contribution in [0.15, 0.2) is 79.3 Å². The lowest BCUT2D eigenvalue weighted by molar-refractivity contribution is -0.133. The van der Waals surface area contributed by atoms with Crippen molar-refractivity contribution in [1.82, 2.24) is 24.8 Å². The molecular formula is C32H35N7O2. The fraction of sp³-hybridized carbons (Fsp3) is 0.281. The molecule has 0 spiro atoms. The minimum atomic E-state index is -0.177. The van der Waals surface area contributed by atoms with Gasteiger partial charge in [-0.25, -0.2) is 9.97 Å². The topological polar surface area (TPSA) is 103 Å². The molecular weight excluding hydrogens is 514 g/mol. The number of carbonyl (C=O) groups excluding carboxylic acids is 2. The fourth-order valence-corrected chi connectivity index (χ4v) is 4.80. The molecule has 1 saturated heterocycles. The first kappa shape index (κ1) is 27.9. The van der Waals surface area contributed by atoms with Crippen molar-refractivity contribution in [2.75, 3.05) is 36.8 Å². The molecule has 0 bridgehead atoms. The van der Waals surface area contributed by atoms with Crippen molar-refractivity contribution < 1.29 is 9.59 Å². The van der Waals surface area contributed by atoms with Crippen LogP contribution in [-0.2, 0) is 11.3 Å². The van der Waals surface area contributed by atoms with Crippen LogP contribution in [0.3, 0.4) is 0 Å². The monoisotopic (exact) mass is 549 g/mol. The van der Waals surface area contributed by atoms with E-state index in [4.69, 9.17) is 0 Å². The van der Waals surface area contributed by atoms with Crippen molar-refractivity contribution in [3.63, 3.8) is 0 Å². The molecule has 9 nitrogen and oxygen atoms in total. The lowest BCUT2D eigenvalue weighted by atomic mass is 10.1. The fourth-order valence-electron chi connectivity index (χ4n) is 4.80. The van der Waals surface area contributed by atoms with E-state index in [9.17, 15) is 9.59 Å². The SMILES string of the molecule is CCCC(=O)N1CCN(Cc2ccc(C(=O)Nc3ccc(C)c(Nc4nccc(-c5cccnc5)n4)c3)cc2)CC1. The highest BCUT2D eigenvalue weighted by atomic mass is 16.2. The highest BCUT2D eigenvalue weighted by Crippen LogP contribution is 2.25. The van der Waals surface area contributed by atoms with Gasteiger partial charge in [0.1, 0.15) is 0 Å². The summed E-state index contributed by atoms with van der Waals surface area (Å²) < 4.78 is 0. The van der Waals surface area contributed by atoms with E-state index in [-0.39, 0.29) is 11.8 Å². The van der Waals surface area contributed by atoms with Crippen molar-refractivity contribution in [2.24, 2.45) is 0 Å². The Balaban J connectivity index is 1.18. The first-order valence-corrected chi connectivity index (χ1v) is 14.0. The molecule has 4 aromatic rings. The molecule has 0 radical (unpaired) electrons. The van der Waals surface area contributed by atoms with Crippen LogP contribution in [-0.4, -0.2) is 62.7 Å². The lowest BCUT2D eigenvalue weighted by Crippen LogP contribution is -2.48. The zero-order valence-electron chi connectivity index (χ0n) is 23.5. The Morgan fingerprint density at radius 2 is 1.76 bits per heavy atom. The second-order valence-corrected chi connectivity index (χ2v) is 10.2. The van der Waals surface area contributed by atoms with Gasteiger partial charge in [-0.05, 0) is 66.9 Å². The summed E-state index contributed by atoms with van der Waals surface area (Å²) in [6, 6.07) is 19.1. The molecule has 1 aliphatic heterocycles. The van der Waals surface area contributed by atoms with E-state index in [2.05, 4.69) is 30.5 Å². The molecule has 9 heteroatoms. The Labute approximate surface area is 240 Å². The number of aromatic nitrogens is 3. The Morgan fingerprint density at radius 1 is 0.951 bits per heavy atom. The molecule has 1 fully saturated rings. The predicted octanol–water partition coefficient (Wildman–Crippen LogP) is 5.29. The van der Waals surface area contributed by atoms with Gasteiger partial charge in [-0.15, -0.1) is 0 Å². The summed E-state index contributed by atoms with van der Waals surface area (Å²) in [6.45, 7) is 8.09. The minimum absolute atomic E-state index is 0.177. The molecule has 2 amide bonds. The van der Waals surface area contributed by atoms with Crippen molar-refractivity contribution in [1.29, 1.82) is 0 Å². The van der Waals surface area contributed by atoms with E-state index in [1.807, 2.05) is 79.4 Å². The summed E-state index contributed by atoms with van der Waals surface area (Å²) in [6.07, 6.45) is 6.70. The maximum Gasteiger partial charge on any atom is 0.255 e. The Morgan fingerprint density at radius 3 is 2.49 bits per heavy atom. The zero-order valence-corrected chi connectivity index (χ0v) is 23.5. The third-order valence-electron chi connectivity index (χ3n) is 7.17. The summed E-state index contributed by atoms with van der Waals surface area (Å²) in [7, 11) is 0. The highest BCUT2D eigenvalue weighted by molar-refractivity contribution is 6.04. The summed E-state index contributed by atoms with van der Waals surface area (Å²) >= 11 is 0. The standard InChI is InChI=1S/C32H35N7O2/c1-3-5-30(40)39-18-16-38(17-19-39)22-24-8-10-25(11-9-24)31(41)35-27-12-7-23(2)29(20-27)37-32-34-15-13-28(36-32)26-6-4-14-33-21-26/h4,6-15,20-21H,3,5,16-19,22H2,1-2H3,(H,35,41)(H,34,36,37). The predicted molar refractivity (Wildman–Crippen MR) is 161 cm³/mol. The van der Waals surface area contributed by atoms with Gasteiger partial charge in [0.15, 0.2) is 0 Å². The molecule has 3 heterocycles. The quantitative estimate of drug-likeness (QED) is 0.293. The van der Waals surface area contributed by atoms with Gasteiger partial charge in [-0.2, -0.15) is 0 Å². The van der Waals surface area contributed by atoms with Crippen LogP contribution in [0.5, 0.6) is 0 Å². The number of benzene rings is 2. The minimum Gasteiger partial charge on any atom is -0.340 e. The van der Waals surface area contributed by atoms with Gasteiger partial charge in [-0.3, -0.25) is 19.5 Å². The molecule has 5 rings (SSSR count). The first-order valence-electron chi connectivity index (χ1n) is 14.0. The summed E-state index contributed by atoms with van der Waals surface area (Å²) in [4.78, 5) is 42.6. The molecule has 0 aliphatic carbocycles. The Kier molecular flexibility index (Phi) is 8.95. The van der Waals surface area contributed by atoms with Crippen LogP contribution in [0.4, 0.5) is 17.3 Å². The van der Waals surface area contributed by atoms with E-state index in [0.29, 0.717) is 23.6 Å². The van der Waals surface area contributed by atoms with Crippen LogP contribution in [0.1, 0.15) is 41.3 Å². The van der Waals surface area contributed by atoms with E-state index >= 15 is 0 Å². The maximum atomic E-state index is 13.0. The average molecular weight is 550 g/mol. The molecule has 2 N–H and O–H groups in total. The second kappa shape index (κ2) is 13.1. The van der Waals surface area contributed by atoms with Gasteiger partial charge in [0.05, 0.1) is 5.69 Å². The van der Waals surface area contributed by atoms with E-state index < -0.39 is 0 Å². The molecule has 2 aromatic heterocycles. The number of hydrogen-bond acceptors (Lipinski definition) is 7. The molecule has 2 aromatic carbocycles. The van der Waals surface area contributed by atoms with Gasteiger partial charge in [0.2, 0.25) is 11.9 Å². The van der Waals surface area contributed by atoms with Crippen molar-refractivity contribution >= 4 is 29.1 Å². The average Bonchev–Trinajstić information content (AvgIpc) is 3.00. The molecule has 0 unspecified atom stereocenters. The van der Waals surface area contributed by atoms with Gasteiger partial charge < -0.3 is 15.5 Å². The highest BCUT2D eigenvalue weighted by Gasteiger charge is 2.20. The van der Waals surface area contributed by atoms with Gasteiger partial charge in [0.25, 0.3) is 5.91 Å². The van der Waals surface area contributed by atoms with Crippen molar-refractivity contribution in [3.05, 3.63) is 95.9 Å². The number of carbonyl (C=O) groups is 2. The van der Waals surface area contributed by atoms with E-state index in [1.165, 1.54) is 0 Å². The number of rotatable bonds is 9. The molecule has 210 valence electrons.